The average molecular weight is 283 g/mol. The lowest BCUT2D eigenvalue weighted by Gasteiger charge is -2.23. The van der Waals surface area contributed by atoms with Crippen molar-refractivity contribution in [2.24, 2.45) is 0 Å². The Balaban J connectivity index is 1.93. The molecular formula is C14H15F2NOS. The third-order valence-corrected chi connectivity index (χ3v) is 3.55. The van der Waals surface area contributed by atoms with E-state index in [2.05, 4.69) is 5.32 Å². The van der Waals surface area contributed by atoms with E-state index in [0.29, 0.717) is 18.7 Å². The van der Waals surface area contributed by atoms with Crippen molar-refractivity contribution in [3.63, 3.8) is 0 Å². The predicted molar refractivity (Wildman–Crippen MR) is 72.0 cm³/mol. The largest absolute Gasteiger partial charge is 0.384 e. The topological polar surface area (TPSA) is 32.3 Å². The zero-order valence-electron chi connectivity index (χ0n) is 10.5. The van der Waals surface area contributed by atoms with E-state index >= 15 is 0 Å². The Morgan fingerprint density at radius 1 is 1.26 bits per heavy atom. The molecule has 1 atom stereocenters. The molecular weight excluding hydrogens is 268 g/mol. The molecule has 2 nitrogen and oxygen atoms in total. The van der Waals surface area contributed by atoms with Crippen molar-refractivity contribution in [3.05, 3.63) is 57.8 Å². The van der Waals surface area contributed by atoms with Gasteiger partial charge in [0.15, 0.2) is 0 Å². The summed E-state index contributed by atoms with van der Waals surface area (Å²) in [5.74, 6) is -1.19. The lowest BCUT2D eigenvalue weighted by atomic mass is 9.99. The van der Waals surface area contributed by atoms with Crippen LogP contribution in [0.4, 0.5) is 8.78 Å². The van der Waals surface area contributed by atoms with Gasteiger partial charge >= 0.3 is 0 Å². The molecule has 0 bridgehead atoms. The molecule has 0 spiro atoms. The van der Waals surface area contributed by atoms with Crippen LogP contribution in [-0.2, 0) is 12.1 Å². The molecule has 0 amide bonds. The zero-order valence-corrected chi connectivity index (χ0v) is 11.3. The fourth-order valence-electron chi connectivity index (χ4n) is 1.84. The minimum atomic E-state index is -0.994. The first-order valence-corrected chi connectivity index (χ1v) is 6.82. The average Bonchev–Trinajstić information content (AvgIpc) is 2.81. The normalized spacial score (nSPS) is 14.3. The van der Waals surface area contributed by atoms with Gasteiger partial charge in [0.25, 0.3) is 0 Å². The van der Waals surface area contributed by atoms with Gasteiger partial charge in [-0.15, -0.1) is 0 Å². The summed E-state index contributed by atoms with van der Waals surface area (Å²) < 4.78 is 26.0. The highest BCUT2D eigenvalue weighted by Crippen LogP contribution is 2.22. The summed E-state index contributed by atoms with van der Waals surface area (Å²) in [5.41, 5.74) is 0.348. The molecule has 1 unspecified atom stereocenters. The van der Waals surface area contributed by atoms with Gasteiger partial charge in [-0.2, -0.15) is 11.3 Å². The smallest absolute Gasteiger partial charge is 0.126 e. The Morgan fingerprint density at radius 3 is 2.53 bits per heavy atom. The van der Waals surface area contributed by atoms with Crippen LogP contribution in [0.5, 0.6) is 0 Å². The van der Waals surface area contributed by atoms with Crippen LogP contribution >= 0.6 is 11.3 Å². The molecule has 2 N–H and O–H groups in total. The summed E-state index contributed by atoms with van der Waals surface area (Å²) in [6, 6.07) is 5.24. The summed E-state index contributed by atoms with van der Waals surface area (Å²) in [6.07, 6.45) is 0. The van der Waals surface area contributed by atoms with E-state index in [4.69, 9.17) is 0 Å². The summed E-state index contributed by atoms with van der Waals surface area (Å²) >= 11 is 1.51. The Kier molecular flexibility index (Phi) is 4.29. The molecule has 0 saturated heterocycles. The quantitative estimate of drug-likeness (QED) is 0.884. The second kappa shape index (κ2) is 5.77. The van der Waals surface area contributed by atoms with E-state index in [1.54, 1.807) is 6.92 Å². The van der Waals surface area contributed by atoms with Crippen molar-refractivity contribution < 1.29 is 13.9 Å². The molecule has 2 rings (SSSR count). The van der Waals surface area contributed by atoms with Crippen LogP contribution in [-0.4, -0.2) is 11.7 Å². The second-order valence-corrected chi connectivity index (χ2v) is 5.45. The van der Waals surface area contributed by atoms with Crippen LogP contribution in [0.2, 0.25) is 0 Å². The number of thiophene rings is 1. The van der Waals surface area contributed by atoms with Gasteiger partial charge in [-0.3, -0.25) is 0 Å². The zero-order chi connectivity index (χ0) is 13.9. The summed E-state index contributed by atoms with van der Waals surface area (Å²) in [6.45, 7) is 2.31. The van der Waals surface area contributed by atoms with Crippen molar-refractivity contribution >= 4 is 11.3 Å². The highest BCUT2D eigenvalue weighted by atomic mass is 32.1. The van der Waals surface area contributed by atoms with E-state index in [1.165, 1.54) is 23.5 Å². The first-order valence-electron chi connectivity index (χ1n) is 5.88. The number of hydrogen-bond acceptors (Lipinski definition) is 3. The van der Waals surface area contributed by atoms with Crippen LogP contribution in [0.15, 0.2) is 35.0 Å². The summed E-state index contributed by atoms with van der Waals surface area (Å²) in [5, 5.41) is 17.0. The monoisotopic (exact) mass is 283 g/mol. The van der Waals surface area contributed by atoms with E-state index in [-0.39, 0.29) is 0 Å². The lowest BCUT2D eigenvalue weighted by Crippen LogP contribution is -2.34. The van der Waals surface area contributed by atoms with Gasteiger partial charge in [0.05, 0.1) is 5.60 Å². The van der Waals surface area contributed by atoms with Crippen LogP contribution in [0, 0.1) is 11.6 Å². The van der Waals surface area contributed by atoms with Crippen LogP contribution in [0.25, 0.3) is 0 Å². The molecule has 19 heavy (non-hydrogen) atoms. The number of hydrogen-bond donors (Lipinski definition) is 2. The molecule has 0 fully saturated rings. The minimum Gasteiger partial charge on any atom is -0.384 e. The first-order chi connectivity index (χ1) is 8.97. The van der Waals surface area contributed by atoms with Crippen LogP contribution < -0.4 is 5.32 Å². The third kappa shape index (κ3) is 3.83. The molecule has 0 aliphatic heterocycles. The summed E-state index contributed by atoms with van der Waals surface area (Å²) in [7, 11) is 0. The molecule has 0 saturated carbocycles. The molecule has 1 aromatic carbocycles. The fourth-order valence-corrected chi connectivity index (χ4v) is 2.62. The molecule has 0 aliphatic carbocycles. The fraction of sp³-hybridized carbons (Fsp3) is 0.286. The van der Waals surface area contributed by atoms with Gasteiger partial charge in [0.1, 0.15) is 11.6 Å². The van der Waals surface area contributed by atoms with Gasteiger partial charge in [-0.1, -0.05) is 0 Å². The van der Waals surface area contributed by atoms with Crippen molar-refractivity contribution in [2.75, 3.05) is 6.54 Å². The molecule has 2 aromatic rings. The van der Waals surface area contributed by atoms with Gasteiger partial charge in [-0.25, -0.2) is 8.78 Å². The Morgan fingerprint density at radius 2 is 1.95 bits per heavy atom. The minimum absolute atomic E-state index is 0.301. The molecule has 1 heterocycles. The van der Waals surface area contributed by atoms with E-state index in [1.807, 2.05) is 16.8 Å². The Labute approximate surface area is 114 Å². The van der Waals surface area contributed by atoms with Crippen molar-refractivity contribution in [3.8, 4) is 0 Å². The lowest BCUT2D eigenvalue weighted by molar-refractivity contribution is 0.0571. The number of halogens is 2. The number of aliphatic hydroxyl groups is 1. The second-order valence-electron chi connectivity index (χ2n) is 4.67. The van der Waals surface area contributed by atoms with Crippen molar-refractivity contribution in [1.29, 1.82) is 0 Å². The van der Waals surface area contributed by atoms with Gasteiger partial charge in [0, 0.05) is 19.2 Å². The SMILES string of the molecule is CC(O)(CNCc1cc(F)cc(F)c1)c1ccsc1. The Hall–Kier alpha value is -1.30. The maximum atomic E-state index is 13.0. The molecule has 0 aliphatic rings. The Bertz CT molecular complexity index is 520. The van der Waals surface area contributed by atoms with Gasteiger partial charge in [-0.05, 0) is 47.0 Å². The maximum Gasteiger partial charge on any atom is 0.126 e. The van der Waals surface area contributed by atoms with Crippen molar-refractivity contribution in [2.45, 2.75) is 19.1 Å². The molecule has 5 heteroatoms. The highest BCUT2D eigenvalue weighted by Gasteiger charge is 2.22. The molecule has 102 valence electrons. The number of benzene rings is 1. The van der Waals surface area contributed by atoms with Crippen molar-refractivity contribution in [1.82, 2.24) is 5.32 Å². The molecule has 0 radical (unpaired) electrons. The molecule has 1 aromatic heterocycles. The highest BCUT2D eigenvalue weighted by molar-refractivity contribution is 7.08. The number of nitrogens with one attached hydrogen (secondary N) is 1. The van der Waals surface area contributed by atoms with E-state index in [9.17, 15) is 13.9 Å². The maximum absolute atomic E-state index is 13.0. The first kappa shape index (κ1) is 14.1. The summed E-state index contributed by atoms with van der Waals surface area (Å²) in [4.78, 5) is 0. The predicted octanol–water partition coefficient (Wildman–Crippen LogP) is 3.02. The van der Waals surface area contributed by atoms with Crippen LogP contribution in [0.1, 0.15) is 18.1 Å². The van der Waals surface area contributed by atoms with E-state index < -0.39 is 17.2 Å². The van der Waals surface area contributed by atoms with Crippen LogP contribution in [0.3, 0.4) is 0 Å². The standard InChI is InChI=1S/C14H15F2NOS/c1-14(18,11-2-3-19-8-11)9-17-7-10-4-12(15)6-13(16)5-10/h2-6,8,17-18H,7,9H2,1H3. The third-order valence-electron chi connectivity index (χ3n) is 2.86. The van der Waals surface area contributed by atoms with Gasteiger partial charge in [0.2, 0.25) is 0 Å². The number of rotatable bonds is 5. The van der Waals surface area contributed by atoms with Gasteiger partial charge < -0.3 is 10.4 Å². The van der Waals surface area contributed by atoms with E-state index in [0.717, 1.165) is 11.6 Å².